The Kier molecular flexibility index (Phi) is 10.1. The summed E-state index contributed by atoms with van der Waals surface area (Å²) < 4.78 is 19.9. The fourth-order valence-corrected chi connectivity index (χ4v) is 8.43. The number of carbonyl (C=O) groups is 5. The predicted molar refractivity (Wildman–Crippen MR) is 211 cm³/mol. The van der Waals surface area contributed by atoms with Crippen molar-refractivity contribution in [2.24, 2.45) is 13.0 Å². The maximum atomic E-state index is 13.2. The summed E-state index contributed by atoms with van der Waals surface area (Å²) >= 11 is 0. The molecular formula is C43H43N7O8. The van der Waals surface area contributed by atoms with Crippen LogP contribution < -0.4 is 14.8 Å². The normalized spacial score (nSPS) is 19.2. The van der Waals surface area contributed by atoms with Gasteiger partial charge in [-0.25, -0.2) is 4.98 Å². The van der Waals surface area contributed by atoms with Crippen LogP contribution in [0.25, 0.3) is 32.9 Å². The van der Waals surface area contributed by atoms with Crippen molar-refractivity contribution in [1.29, 1.82) is 0 Å². The summed E-state index contributed by atoms with van der Waals surface area (Å²) in [5.74, 6) is -1.04. The van der Waals surface area contributed by atoms with Gasteiger partial charge < -0.3 is 28.6 Å². The Morgan fingerprint density at radius 1 is 0.828 bits per heavy atom. The van der Waals surface area contributed by atoms with E-state index in [4.69, 9.17) is 14.2 Å². The van der Waals surface area contributed by atoms with Gasteiger partial charge >= 0.3 is 0 Å². The molecule has 0 aliphatic carbocycles. The van der Waals surface area contributed by atoms with Gasteiger partial charge in [0.15, 0.2) is 0 Å². The van der Waals surface area contributed by atoms with Gasteiger partial charge in [0.2, 0.25) is 23.6 Å². The standard InChI is InChI=1S/C43H43N7O8/c1-47-35-10-13-44-23-34(35)31-5-2-27(20-37(31)47)28-3-9-39(45-22-28)58-30-24-49(25-30)41(53)26-11-14-48(15-12-26)16-17-56-18-19-57-29-4-6-32-33(21-29)43(55)50(42(32)54)36-7-8-38(51)46-40(36)52/h2-6,9-10,13,20-23,26,30,36H,7-8,11-12,14-19,24-25H2,1H3,(H,46,51,52). The van der Waals surface area contributed by atoms with Crippen LogP contribution in [0.15, 0.2) is 73.2 Å². The molecule has 3 saturated heterocycles. The van der Waals surface area contributed by atoms with Gasteiger partial charge in [0.1, 0.15) is 24.5 Å². The Labute approximate surface area is 333 Å². The number of likely N-dealkylation sites (tertiary alicyclic amines) is 2. The number of nitrogens with zero attached hydrogens (tertiary/aromatic N) is 6. The van der Waals surface area contributed by atoms with Crippen LogP contribution in [0.5, 0.6) is 11.6 Å². The summed E-state index contributed by atoms with van der Waals surface area (Å²) in [5, 5.41) is 4.50. The number of amides is 5. The molecule has 5 aromatic rings. The molecule has 0 spiro atoms. The number of hydrogen-bond acceptors (Lipinski definition) is 11. The highest BCUT2D eigenvalue weighted by Crippen LogP contribution is 2.33. The smallest absolute Gasteiger partial charge is 0.262 e. The van der Waals surface area contributed by atoms with Crippen molar-refractivity contribution >= 4 is 51.3 Å². The van der Waals surface area contributed by atoms with Crippen LogP contribution in [-0.2, 0) is 26.2 Å². The second-order valence-corrected chi connectivity index (χ2v) is 15.3. The zero-order valence-corrected chi connectivity index (χ0v) is 32.1. The third-order valence-corrected chi connectivity index (χ3v) is 11.7. The van der Waals surface area contributed by atoms with Gasteiger partial charge in [-0.3, -0.25) is 39.2 Å². The van der Waals surface area contributed by atoms with Crippen molar-refractivity contribution in [3.8, 4) is 22.8 Å². The Morgan fingerprint density at radius 3 is 2.43 bits per heavy atom. The number of ether oxygens (including phenoxy) is 3. The average Bonchev–Trinajstić information content (AvgIpc) is 3.65. The lowest BCUT2D eigenvalue weighted by molar-refractivity contribution is -0.146. The van der Waals surface area contributed by atoms with Crippen LogP contribution >= 0.6 is 0 Å². The van der Waals surface area contributed by atoms with E-state index in [1.807, 2.05) is 41.7 Å². The van der Waals surface area contributed by atoms with Crippen molar-refractivity contribution in [3.63, 3.8) is 0 Å². The molecule has 0 radical (unpaired) electrons. The molecular weight excluding hydrogens is 743 g/mol. The van der Waals surface area contributed by atoms with Gasteiger partial charge in [-0.1, -0.05) is 12.1 Å². The van der Waals surface area contributed by atoms with E-state index in [1.54, 1.807) is 6.07 Å². The Hall–Kier alpha value is -6.19. The van der Waals surface area contributed by atoms with Gasteiger partial charge in [-0.2, -0.15) is 0 Å². The summed E-state index contributed by atoms with van der Waals surface area (Å²) in [7, 11) is 2.07. The molecule has 7 heterocycles. The monoisotopic (exact) mass is 785 g/mol. The molecule has 15 nitrogen and oxygen atoms in total. The largest absolute Gasteiger partial charge is 0.491 e. The number of aryl methyl sites for hydroxylation is 1. The van der Waals surface area contributed by atoms with Gasteiger partial charge in [-0.15, -0.1) is 0 Å². The zero-order valence-electron chi connectivity index (χ0n) is 32.1. The first kappa shape index (κ1) is 37.4. The first-order valence-electron chi connectivity index (χ1n) is 19.7. The van der Waals surface area contributed by atoms with Crippen LogP contribution in [0.1, 0.15) is 46.4 Å². The predicted octanol–water partition coefficient (Wildman–Crippen LogP) is 3.59. The van der Waals surface area contributed by atoms with E-state index in [2.05, 4.69) is 50.0 Å². The van der Waals surface area contributed by atoms with Crippen LogP contribution in [0.2, 0.25) is 0 Å². The molecule has 2 aromatic carbocycles. The van der Waals surface area contributed by atoms with E-state index >= 15 is 0 Å². The van der Waals surface area contributed by atoms with Gasteiger partial charge in [-0.05, 0) is 74.3 Å². The number of hydrogen-bond donors (Lipinski definition) is 1. The van der Waals surface area contributed by atoms with E-state index in [0.717, 1.165) is 64.9 Å². The van der Waals surface area contributed by atoms with E-state index in [-0.39, 0.29) is 48.5 Å². The van der Waals surface area contributed by atoms with Crippen LogP contribution in [0, 0.1) is 5.92 Å². The highest BCUT2D eigenvalue weighted by Gasteiger charge is 2.45. The van der Waals surface area contributed by atoms with Crippen molar-refractivity contribution in [1.82, 2.24) is 34.6 Å². The average molecular weight is 786 g/mol. The number of carbonyl (C=O) groups excluding carboxylic acids is 5. The number of pyridine rings is 2. The number of imide groups is 2. The summed E-state index contributed by atoms with van der Waals surface area (Å²) in [5.41, 5.74) is 4.73. The molecule has 5 amide bonds. The lowest BCUT2D eigenvalue weighted by Gasteiger charge is -2.42. The minimum atomic E-state index is -1.01. The van der Waals surface area contributed by atoms with Crippen LogP contribution in [0.3, 0.4) is 0 Å². The van der Waals surface area contributed by atoms with E-state index in [0.29, 0.717) is 37.9 Å². The molecule has 1 N–H and O–H groups in total. The topological polar surface area (TPSA) is 166 Å². The molecule has 0 saturated carbocycles. The van der Waals surface area contributed by atoms with E-state index in [1.165, 1.54) is 17.5 Å². The Morgan fingerprint density at radius 2 is 1.64 bits per heavy atom. The summed E-state index contributed by atoms with van der Waals surface area (Å²) in [6.07, 6.45) is 7.25. The molecule has 1 unspecified atom stereocenters. The third-order valence-electron chi connectivity index (χ3n) is 11.7. The molecule has 58 heavy (non-hydrogen) atoms. The highest BCUT2D eigenvalue weighted by atomic mass is 16.5. The first-order chi connectivity index (χ1) is 28.2. The highest BCUT2D eigenvalue weighted by molar-refractivity contribution is 6.23. The van der Waals surface area contributed by atoms with E-state index < -0.39 is 29.7 Å². The molecule has 4 aliphatic rings. The second kappa shape index (κ2) is 15.6. The lowest BCUT2D eigenvalue weighted by atomic mass is 9.93. The maximum absolute atomic E-state index is 13.2. The fraction of sp³-hybridized carbons (Fsp3) is 0.372. The minimum Gasteiger partial charge on any atom is -0.491 e. The fourth-order valence-electron chi connectivity index (χ4n) is 8.43. The zero-order chi connectivity index (χ0) is 39.9. The molecule has 4 aliphatic heterocycles. The van der Waals surface area contributed by atoms with Gasteiger partial charge in [0.25, 0.3) is 11.8 Å². The molecule has 3 fully saturated rings. The van der Waals surface area contributed by atoms with Crippen molar-refractivity contribution in [3.05, 3.63) is 84.3 Å². The second-order valence-electron chi connectivity index (χ2n) is 15.3. The molecule has 15 heteroatoms. The summed E-state index contributed by atoms with van der Waals surface area (Å²) in [6.45, 7) is 4.60. The Balaban J connectivity index is 0.662. The molecule has 3 aromatic heterocycles. The summed E-state index contributed by atoms with van der Waals surface area (Å²) in [6, 6.07) is 16.0. The number of piperidine rings is 2. The lowest BCUT2D eigenvalue weighted by Crippen LogP contribution is -2.58. The van der Waals surface area contributed by atoms with Gasteiger partial charge in [0, 0.05) is 72.4 Å². The van der Waals surface area contributed by atoms with Crippen molar-refractivity contribution < 1.29 is 38.2 Å². The minimum absolute atomic E-state index is 0.00458. The molecule has 298 valence electrons. The quantitative estimate of drug-likeness (QED) is 0.145. The number of rotatable bonds is 12. The molecule has 1 atom stereocenters. The molecule has 9 rings (SSSR count). The van der Waals surface area contributed by atoms with Crippen LogP contribution in [0.4, 0.5) is 0 Å². The van der Waals surface area contributed by atoms with Gasteiger partial charge in [0.05, 0.1) is 42.9 Å². The SMILES string of the molecule is Cn1c2ccncc2c2ccc(-c3ccc(OC4CN(C(=O)C5CCN(CCOCCOc6ccc7c(c6)C(=O)N(C6CCC(=O)NC6=O)C7=O)CC5)C4)nc3)cc21. The summed E-state index contributed by atoms with van der Waals surface area (Å²) in [4.78, 5) is 77.0. The maximum Gasteiger partial charge on any atom is 0.262 e. The number of aromatic nitrogens is 3. The number of benzene rings is 2. The van der Waals surface area contributed by atoms with E-state index in [9.17, 15) is 24.0 Å². The molecule has 0 bridgehead atoms. The Bertz CT molecular complexity index is 2430. The van der Waals surface area contributed by atoms with Crippen molar-refractivity contribution in [2.45, 2.75) is 37.8 Å². The third kappa shape index (κ3) is 7.15. The number of fused-ring (bicyclic) bond motifs is 4. The van der Waals surface area contributed by atoms with Crippen LogP contribution in [-0.4, -0.2) is 123 Å². The van der Waals surface area contributed by atoms with Crippen molar-refractivity contribution in [2.75, 3.05) is 52.5 Å². The first-order valence-corrected chi connectivity index (χ1v) is 19.7. The number of nitrogens with one attached hydrogen (secondary N) is 1.